The highest BCUT2D eigenvalue weighted by Crippen LogP contribution is 2.20. The molecular formula is C12H18N4O3. The van der Waals surface area contributed by atoms with Crippen molar-refractivity contribution >= 4 is 17.4 Å². The van der Waals surface area contributed by atoms with E-state index >= 15 is 0 Å². The lowest BCUT2D eigenvalue weighted by molar-refractivity contribution is -0.385. The Kier molecular flexibility index (Phi) is 4.42. The van der Waals surface area contributed by atoms with Gasteiger partial charge in [0.15, 0.2) is 0 Å². The van der Waals surface area contributed by atoms with Crippen molar-refractivity contribution < 1.29 is 9.72 Å². The molecule has 7 heteroatoms. The van der Waals surface area contributed by atoms with Gasteiger partial charge in [0, 0.05) is 18.7 Å². The van der Waals surface area contributed by atoms with E-state index in [0.29, 0.717) is 5.82 Å². The number of carbonyl (C=O) groups is 1. The van der Waals surface area contributed by atoms with Crippen LogP contribution in [-0.4, -0.2) is 28.4 Å². The number of nitrogens with one attached hydrogen (secondary N) is 2. The number of anilines is 1. The summed E-state index contributed by atoms with van der Waals surface area (Å²) in [6, 6.07) is 1.22. The summed E-state index contributed by atoms with van der Waals surface area (Å²) in [6.07, 6.45) is 1.86. The molecule has 0 aliphatic rings. The van der Waals surface area contributed by atoms with Crippen LogP contribution >= 0.6 is 0 Å². The molecule has 0 radical (unpaired) electrons. The molecule has 0 aliphatic heterocycles. The van der Waals surface area contributed by atoms with Gasteiger partial charge >= 0.3 is 0 Å². The Balaban J connectivity index is 3.13. The highest BCUT2D eigenvalue weighted by atomic mass is 16.6. The van der Waals surface area contributed by atoms with Crippen molar-refractivity contribution in [2.75, 3.05) is 12.4 Å². The van der Waals surface area contributed by atoms with Gasteiger partial charge in [-0.15, -0.1) is 0 Å². The Morgan fingerprint density at radius 1 is 1.53 bits per heavy atom. The first-order chi connectivity index (χ1) is 8.80. The third-order valence-electron chi connectivity index (χ3n) is 2.90. The van der Waals surface area contributed by atoms with E-state index in [1.54, 1.807) is 7.05 Å². The summed E-state index contributed by atoms with van der Waals surface area (Å²) in [4.78, 5) is 26.2. The van der Waals surface area contributed by atoms with Crippen molar-refractivity contribution in [1.82, 2.24) is 10.3 Å². The van der Waals surface area contributed by atoms with Crippen LogP contribution in [0.5, 0.6) is 0 Å². The Morgan fingerprint density at radius 2 is 2.16 bits per heavy atom. The van der Waals surface area contributed by atoms with Crippen LogP contribution in [0.3, 0.4) is 0 Å². The Hall–Kier alpha value is -2.18. The third kappa shape index (κ3) is 3.64. The molecule has 0 spiro atoms. The van der Waals surface area contributed by atoms with Gasteiger partial charge in [-0.25, -0.2) is 4.98 Å². The summed E-state index contributed by atoms with van der Waals surface area (Å²) in [5.41, 5.74) is -0.427. The van der Waals surface area contributed by atoms with Crippen molar-refractivity contribution in [1.29, 1.82) is 0 Å². The molecule has 1 rings (SSSR count). The zero-order chi connectivity index (χ0) is 14.6. The second kappa shape index (κ2) is 5.64. The molecule has 104 valence electrons. The topological polar surface area (TPSA) is 97.2 Å². The van der Waals surface area contributed by atoms with Gasteiger partial charge in [-0.1, -0.05) is 6.92 Å². The second-order valence-corrected chi connectivity index (χ2v) is 4.79. The van der Waals surface area contributed by atoms with Gasteiger partial charge in [0.2, 0.25) is 0 Å². The van der Waals surface area contributed by atoms with Gasteiger partial charge in [0.1, 0.15) is 12.0 Å². The van der Waals surface area contributed by atoms with E-state index in [4.69, 9.17) is 0 Å². The van der Waals surface area contributed by atoms with Gasteiger partial charge in [0.05, 0.1) is 10.5 Å². The van der Waals surface area contributed by atoms with Crippen LogP contribution in [0.4, 0.5) is 11.5 Å². The smallest absolute Gasteiger partial charge is 0.288 e. The van der Waals surface area contributed by atoms with Gasteiger partial charge in [-0.2, -0.15) is 0 Å². The highest BCUT2D eigenvalue weighted by Gasteiger charge is 2.23. The van der Waals surface area contributed by atoms with Crippen molar-refractivity contribution in [2.24, 2.45) is 0 Å². The minimum atomic E-state index is -0.575. The largest absolute Gasteiger partial charge is 0.372 e. The number of nitrogens with zero attached hydrogens (tertiary/aromatic N) is 2. The molecule has 0 atom stereocenters. The van der Waals surface area contributed by atoms with Crippen LogP contribution in [-0.2, 0) is 0 Å². The van der Waals surface area contributed by atoms with Gasteiger partial charge < -0.3 is 10.6 Å². The van der Waals surface area contributed by atoms with Gasteiger partial charge in [-0.3, -0.25) is 14.9 Å². The first-order valence-electron chi connectivity index (χ1n) is 5.95. The van der Waals surface area contributed by atoms with Gasteiger partial charge in [-0.05, 0) is 20.3 Å². The molecule has 2 N–H and O–H groups in total. The maximum absolute atomic E-state index is 12.2. The lowest BCUT2D eigenvalue weighted by Gasteiger charge is -2.24. The minimum Gasteiger partial charge on any atom is -0.372 e. The van der Waals surface area contributed by atoms with Crippen LogP contribution in [0.1, 0.15) is 37.6 Å². The molecule has 1 amide bonds. The first-order valence-corrected chi connectivity index (χ1v) is 5.95. The predicted octanol–water partition coefficient (Wildman–Crippen LogP) is 1.95. The maximum Gasteiger partial charge on any atom is 0.288 e. The molecule has 1 heterocycles. The summed E-state index contributed by atoms with van der Waals surface area (Å²) in [6.45, 7) is 5.72. The van der Waals surface area contributed by atoms with Crippen molar-refractivity contribution in [2.45, 2.75) is 32.7 Å². The highest BCUT2D eigenvalue weighted by molar-refractivity contribution is 5.99. The number of carbonyl (C=O) groups excluding carboxylic acids is 1. The summed E-state index contributed by atoms with van der Waals surface area (Å²) >= 11 is 0. The number of nitro groups is 1. The lowest BCUT2D eigenvalue weighted by atomic mass is 10.0. The molecule has 0 saturated heterocycles. The normalized spacial score (nSPS) is 10.9. The quantitative estimate of drug-likeness (QED) is 0.627. The standard InChI is InChI=1S/C12H18N4O3/c1-5-12(2,3)15-11(17)9-6-8(16(18)19)7-14-10(9)13-4/h6-7H,5H2,1-4H3,(H,13,14)(H,15,17). The van der Waals surface area contributed by atoms with Crippen LogP contribution in [0, 0.1) is 10.1 Å². The van der Waals surface area contributed by atoms with Crippen molar-refractivity contribution in [3.05, 3.63) is 27.9 Å². The molecule has 0 saturated carbocycles. The minimum absolute atomic E-state index is 0.165. The van der Waals surface area contributed by atoms with Gasteiger partial charge in [0.25, 0.3) is 11.6 Å². The lowest BCUT2D eigenvalue weighted by Crippen LogP contribution is -2.43. The summed E-state index contributed by atoms with van der Waals surface area (Å²) in [7, 11) is 1.61. The monoisotopic (exact) mass is 266 g/mol. The average Bonchev–Trinajstić information content (AvgIpc) is 2.37. The fourth-order valence-corrected chi connectivity index (χ4v) is 1.39. The number of amides is 1. The van der Waals surface area contributed by atoms with Crippen LogP contribution in [0.15, 0.2) is 12.3 Å². The SMILES string of the molecule is CCC(C)(C)NC(=O)c1cc([N+](=O)[O-])cnc1NC. The number of rotatable bonds is 5. The van der Waals surface area contributed by atoms with Crippen LogP contribution in [0.2, 0.25) is 0 Å². The van der Waals surface area contributed by atoms with E-state index in [1.807, 2.05) is 20.8 Å². The Bertz CT molecular complexity index is 500. The average molecular weight is 266 g/mol. The summed E-state index contributed by atoms with van der Waals surface area (Å²) in [5.74, 6) is -0.0672. The molecule has 0 unspecified atom stereocenters. The van der Waals surface area contributed by atoms with E-state index in [1.165, 1.54) is 6.07 Å². The predicted molar refractivity (Wildman–Crippen MR) is 72.3 cm³/mol. The zero-order valence-corrected chi connectivity index (χ0v) is 11.5. The Morgan fingerprint density at radius 3 is 2.63 bits per heavy atom. The van der Waals surface area contributed by atoms with Crippen LogP contribution < -0.4 is 10.6 Å². The van der Waals surface area contributed by atoms with Crippen LogP contribution in [0.25, 0.3) is 0 Å². The second-order valence-electron chi connectivity index (χ2n) is 4.79. The maximum atomic E-state index is 12.2. The number of hydrogen-bond acceptors (Lipinski definition) is 5. The van der Waals surface area contributed by atoms with Crippen molar-refractivity contribution in [3.63, 3.8) is 0 Å². The molecule has 7 nitrogen and oxygen atoms in total. The van der Waals surface area contributed by atoms with E-state index in [-0.39, 0.29) is 22.7 Å². The third-order valence-corrected chi connectivity index (χ3v) is 2.90. The molecular weight excluding hydrogens is 248 g/mol. The Labute approximate surface area is 111 Å². The fourth-order valence-electron chi connectivity index (χ4n) is 1.39. The first kappa shape index (κ1) is 14.9. The van der Waals surface area contributed by atoms with E-state index in [2.05, 4.69) is 15.6 Å². The van der Waals surface area contributed by atoms with E-state index < -0.39 is 4.92 Å². The number of hydrogen-bond donors (Lipinski definition) is 2. The molecule has 0 fully saturated rings. The molecule has 0 aliphatic carbocycles. The molecule has 19 heavy (non-hydrogen) atoms. The molecule has 0 bridgehead atoms. The van der Waals surface area contributed by atoms with E-state index in [9.17, 15) is 14.9 Å². The van der Waals surface area contributed by atoms with Crippen molar-refractivity contribution in [3.8, 4) is 0 Å². The number of aromatic nitrogens is 1. The zero-order valence-electron chi connectivity index (χ0n) is 11.5. The molecule has 1 aromatic rings. The number of pyridine rings is 1. The molecule has 1 aromatic heterocycles. The van der Waals surface area contributed by atoms with E-state index in [0.717, 1.165) is 12.6 Å². The summed E-state index contributed by atoms with van der Waals surface area (Å²) in [5, 5.41) is 16.3. The fraction of sp³-hybridized carbons (Fsp3) is 0.500. The summed E-state index contributed by atoms with van der Waals surface area (Å²) < 4.78 is 0. The molecule has 0 aromatic carbocycles.